The highest BCUT2D eigenvalue weighted by Gasteiger charge is 2.31. The van der Waals surface area contributed by atoms with Gasteiger partial charge in [-0.3, -0.25) is 14.4 Å². The van der Waals surface area contributed by atoms with Crippen molar-refractivity contribution in [2.75, 3.05) is 18.5 Å². The van der Waals surface area contributed by atoms with E-state index in [0.717, 1.165) is 35.3 Å². The third-order valence-electron chi connectivity index (χ3n) is 6.56. The molecule has 0 radical (unpaired) electrons. The third kappa shape index (κ3) is 6.75. The summed E-state index contributed by atoms with van der Waals surface area (Å²) in [6.07, 6.45) is 2.10. The Morgan fingerprint density at radius 1 is 0.974 bits per heavy atom. The summed E-state index contributed by atoms with van der Waals surface area (Å²) in [5, 5.41) is 3.27. The van der Waals surface area contributed by atoms with Crippen molar-refractivity contribution in [3.05, 3.63) is 87.3 Å². The van der Waals surface area contributed by atoms with Crippen molar-refractivity contribution in [3.8, 4) is 0 Å². The van der Waals surface area contributed by atoms with Gasteiger partial charge in [-0.1, -0.05) is 60.2 Å². The molecular weight excluding hydrogens is 502 g/mol. The first-order valence-corrected chi connectivity index (χ1v) is 13.6. The van der Waals surface area contributed by atoms with Gasteiger partial charge in [-0.15, -0.1) is 11.3 Å². The molecule has 1 aromatic heterocycles. The molecule has 4 rings (SSSR count). The molecule has 2 aromatic carbocycles. The molecule has 7 nitrogen and oxygen atoms in total. The van der Waals surface area contributed by atoms with Crippen LogP contribution in [0.25, 0.3) is 0 Å². The van der Waals surface area contributed by atoms with Crippen molar-refractivity contribution in [1.29, 1.82) is 0 Å². The molecule has 0 bridgehead atoms. The van der Waals surface area contributed by atoms with Crippen LogP contribution >= 0.6 is 11.3 Å². The van der Waals surface area contributed by atoms with E-state index in [4.69, 9.17) is 9.47 Å². The molecule has 3 aromatic rings. The SMILES string of the molecule is CCOC(=O)c1c(NC(=O)CCC(=O)OCC(=O)c2ccc(C)cc2)sc2c1CC[C@H](c1ccccc1)C2. The van der Waals surface area contributed by atoms with E-state index >= 15 is 0 Å². The number of Topliss-reactive ketones (excluding diaryl/α,β-unsaturated/α-hetero) is 1. The molecule has 0 spiro atoms. The van der Waals surface area contributed by atoms with Gasteiger partial charge in [0, 0.05) is 16.9 Å². The van der Waals surface area contributed by atoms with Gasteiger partial charge >= 0.3 is 11.9 Å². The zero-order valence-electron chi connectivity index (χ0n) is 21.6. The van der Waals surface area contributed by atoms with E-state index in [0.29, 0.717) is 22.0 Å². The summed E-state index contributed by atoms with van der Waals surface area (Å²) in [6.45, 7) is 3.52. The largest absolute Gasteiger partial charge is 0.462 e. The summed E-state index contributed by atoms with van der Waals surface area (Å²) in [4.78, 5) is 50.9. The summed E-state index contributed by atoms with van der Waals surface area (Å²) in [5.74, 6) is -1.45. The fourth-order valence-electron chi connectivity index (χ4n) is 4.55. The second-order valence-corrected chi connectivity index (χ2v) is 10.4. The van der Waals surface area contributed by atoms with Crippen LogP contribution in [0.1, 0.15) is 74.4 Å². The number of aryl methyl sites for hydroxylation is 1. The van der Waals surface area contributed by atoms with Crippen molar-refractivity contribution in [1.82, 2.24) is 0 Å². The van der Waals surface area contributed by atoms with Crippen LogP contribution < -0.4 is 5.32 Å². The van der Waals surface area contributed by atoms with Crippen LogP contribution in [0.4, 0.5) is 5.00 Å². The maximum Gasteiger partial charge on any atom is 0.341 e. The number of hydrogen-bond acceptors (Lipinski definition) is 7. The molecule has 1 heterocycles. The van der Waals surface area contributed by atoms with Crippen molar-refractivity contribution in [2.45, 2.75) is 51.9 Å². The van der Waals surface area contributed by atoms with Crippen molar-refractivity contribution in [3.63, 3.8) is 0 Å². The lowest BCUT2D eigenvalue weighted by Crippen LogP contribution is -2.19. The maximum absolute atomic E-state index is 12.8. The zero-order valence-corrected chi connectivity index (χ0v) is 22.4. The second-order valence-electron chi connectivity index (χ2n) is 9.28. The van der Waals surface area contributed by atoms with E-state index in [1.54, 1.807) is 19.1 Å². The molecule has 0 unspecified atom stereocenters. The molecule has 0 saturated heterocycles. The number of amides is 1. The number of thiophene rings is 1. The number of anilines is 1. The predicted octanol–water partition coefficient (Wildman–Crippen LogP) is 5.65. The first-order chi connectivity index (χ1) is 18.4. The lowest BCUT2D eigenvalue weighted by Gasteiger charge is -2.23. The maximum atomic E-state index is 12.8. The number of fused-ring (bicyclic) bond motifs is 1. The lowest BCUT2D eigenvalue weighted by atomic mass is 9.83. The van der Waals surface area contributed by atoms with Gasteiger partial charge in [-0.2, -0.15) is 0 Å². The van der Waals surface area contributed by atoms with E-state index in [2.05, 4.69) is 17.4 Å². The van der Waals surface area contributed by atoms with Crippen LogP contribution in [0.5, 0.6) is 0 Å². The Morgan fingerprint density at radius 2 is 1.71 bits per heavy atom. The number of ketones is 1. The minimum atomic E-state index is -0.637. The van der Waals surface area contributed by atoms with Gasteiger partial charge in [-0.05, 0) is 50.2 Å². The number of carbonyl (C=O) groups excluding carboxylic acids is 4. The van der Waals surface area contributed by atoms with E-state index in [-0.39, 0.29) is 31.8 Å². The monoisotopic (exact) mass is 533 g/mol. The Bertz CT molecular complexity index is 1310. The lowest BCUT2D eigenvalue weighted by molar-refractivity contribution is -0.143. The molecule has 1 aliphatic carbocycles. The molecule has 1 atom stereocenters. The number of benzene rings is 2. The second kappa shape index (κ2) is 12.6. The van der Waals surface area contributed by atoms with Gasteiger partial charge in [-0.25, -0.2) is 4.79 Å². The van der Waals surface area contributed by atoms with Crippen LogP contribution in [0, 0.1) is 6.92 Å². The molecule has 1 aliphatic rings. The van der Waals surface area contributed by atoms with Gasteiger partial charge in [0.25, 0.3) is 0 Å². The first kappa shape index (κ1) is 27.3. The highest BCUT2D eigenvalue weighted by molar-refractivity contribution is 7.17. The van der Waals surface area contributed by atoms with Gasteiger partial charge in [0.05, 0.1) is 18.6 Å². The first-order valence-electron chi connectivity index (χ1n) is 12.8. The summed E-state index contributed by atoms with van der Waals surface area (Å²) in [7, 11) is 0. The average molecular weight is 534 g/mol. The van der Waals surface area contributed by atoms with Crippen LogP contribution in [-0.4, -0.2) is 36.8 Å². The van der Waals surface area contributed by atoms with E-state index < -0.39 is 17.8 Å². The van der Waals surface area contributed by atoms with E-state index in [9.17, 15) is 19.2 Å². The molecule has 198 valence electrons. The van der Waals surface area contributed by atoms with Gasteiger partial charge < -0.3 is 14.8 Å². The molecule has 1 amide bonds. The van der Waals surface area contributed by atoms with Crippen LogP contribution in [-0.2, 0) is 31.9 Å². The van der Waals surface area contributed by atoms with Crippen LogP contribution in [0.3, 0.4) is 0 Å². The highest BCUT2D eigenvalue weighted by atomic mass is 32.1. The van der Waals surface area contributed by atoms with Crippen LogP contribution in [0.2, 0.25) is 0 Å². The summed E-state index contributed by atoms with van der Waals surface area (Å²) >= 11 is 1.40. The average Bonchev–Trinajstić information content (AvgIpc) is 3.28. The number of carbonyl (C=O) groups is 4. The molecular formula is C30H31NO6S. The fraction of sp³-hybridized carbons (Fsp3) is 0.333. The van der Waals surface area contributed by atoms with E-state index in [1.807, 2.05) is 37.3 Å². The van der Waals surface area contributed by atoms with Gasteiger partial charge in [0.15, 0.2) is 12.4 Å². The van der Waals surface area contributed by atoms with Crippen LogP contribution in [0.15, 0.2) is 54.6 Å². The van der Waals surface area contributed by atoms with E-state index in [1.165, 1.54) is 16.9 Å². The number of ether oxygens (including phenoxy) is 2. The Labute approximate surface area is 226 Å². The Morgan fingerprint density at radius 3 is 2.42 bits per heavy atom. The number of esters is 2. The number of rotatable bonds is 10. The predicted molar refractivity (Wildman–Crippen MR) is 146 cm³/mol. The molecule has 38 heavy (non-hydrogen) atoms. The summed E-state index contributed by atoms with van der Waals surface area (Å²) in [5.41, 5.74) is 4.10. The van der Waals surface area contributed by atoms with Gasteiger partial charge in [0.2, 0.25) is 5.91 Å². The fourth-order valence-corrected chi connectivity index (χ4v) is 5.88. The molecule has 0 saturated carbocycles. The normalized spacial score (nSPS) is 14.3. The highest BCUT2D eigenvalue weighted by Crippen LogP contribution is 2.42. The quantitative estimate of drug-likeness (QED) is 0.267. The standard InChI is InChI=1S/C30H31NO6S/c1-3-36-30(35)28-23-14-13-22(20-7-5-4-6-8-20)17-25(23)38-29(28)31-26(33)15-16-27(34)37-18-24(32)21-11-9-19(2)10-12-21/h4-12,22H,3,13-18H2,1-2H3,(H,31,33)/t22-/m0/s1. The van der Waals surface area contributed by atoms with Crippen molar-refractivity contribution < 1.29 is 28.7 Å². The van der Waals surface area contributed by atoms with Crippen molar-refractivity contribution >= 4 is 40.0 Å². The minimum Gasteiger partial charge on any atom is -0.462 e. The topological polar surface area (TPSA) is 98.8 Å². The Hall–Kier alpha value is -3.78. The summed E-state index contributed by atoms with van der Waals surface area (Å²) in [6, 6.07) is 17.3. The number of nitrogens with one attached hydrogen (secondary N) is 1. The Kier molecular flexibility index (Phi) is 9.07. The molecule has 1 N–H and O–H groups in total. The Balaban J connectivity index is 1.36. The third-order valence-corrected chi connectivity index (χ3v) is 7.73. The molecule has 0 fully saturated rings. The van der Waals surface area contributed by atoms with Gasteiger partial charge in [0.1, 0.15) is 5.00 Å². The zero-order chi connectivity index (χ0) is 27.1. The minimum absolute atomic E-state index is 0.130. The molecule has 8 heteroatoms. The van der Waals surface area contributed by atoms with Crippen molar-refractivity contribution in [2.24, 2.45) is 0 Å². The number of hydrogen-bond donors (Lipinski definition) is 1. The molecule has 0 aliphatic heterocycles. The smallest absolute Gasteiger partial charge is 0.341 e. The summed E-state index contributed by atoms with van der Waals surface area (Å²) < 4.78 is 10.4.